The van der Waals surface area contributed by atoms with Gasteiger partial charge in [0.05, 0.1) is 15.6 Å². The Kier molecular flexibility index (Phi) is 3.21. The standard InChI is InChI=1S/C15H15Cl2N/c1-9-6-11-12(16)8-14(10-4-2-3-5-10)18-15(11)13(17)7-9/h6-8,10H,2-5H2,1H3. The molecule has 0 aliphatic heterocycles. The maximum Gasteiger partial charge on any atom is 0.0906 e. The van der Waals surface area contributed by atoms with Gasteiger partial charge in [0, 0.05) is 17.0 Å². The highest BCUT2D eigenvalue weighted by molar-refractivity contribution is 6.39. The van der Waals surface area contributed by atoms with Crippen LogP contribution in [0.3, 0.4) is 0 Å². The van der Waals surface area contributed by atoms with E-state index in [-0.39, 0.29) is 0 Å². The van der Waals surface area contributed by atoms with Crippen LogP contribution < -0.4 is 0 Å². The van der Waals surface area contributed by atoms with Crippen LogP contribution in [-0.2, 0) is 0 Å². The third kappa shape index (κ3) is 2.10. The van der Waals surface area contributed by atoms with Crippen molar-refractivity contribution in [3.05, 3.63) is 39.5 Å². The molecule has 0 amide bonds. The molecule has 1 heterocycles. The summed E-state index contributed by atoms with van der Waals surface area (Å²) in [5.74, 6) is 0.560. The number of fused-ring (bicyclic) bond motifs is 1. The Morgan fingerprint density at radius 3 is 2.50 bits per heavy atom. The number of aromatic nitrogens is 1. The fraction of sp³-hybridized carbons (Fsp3) is 0.400. The van der Waals surface area contributed by atoms with E-state index in [1.807, 2.05) is 19.1 Å². The SMILES string of the molecule is Cc1cc(Cl)c2nc(C3CCCC3)cc(Cl)c2c1. The van der Waals surface area contributed by atoms with Gasteiger partial charge in [-0.1, -0.05) is 36.0 Å². The van der Waals surface area contributed by atoms with Gasteiger partial charge < -0.3 is 0 Å². The first kappa shape index (κ1) is 12.3. The normalized spacial score (nSPS) is 16.6. The van der Waals surface area contributed by atoms with Crippen molar-refractivity contribution in [2.45, 2.75) is 38.5 Å². The van der Waals surface area contributed by atoms with Crippen molar-refractivity contribution in [3.8, 4) is 0 Å². The fourth-order valence-electron chi connectivity index (χ4n) is 2.83. The number of rotatable bonds is 1. The molecule has 1 aliphatic rings. The van der Waals surface area contributed by atoms with Crippen LogP contribution in [0.5, 0.6) is 0 Å². The zero-order chi connectivity index (χ0) is 12.7. The largest absolute Gasteiger partial charge is 0.251 e. The minimum atomic E-state index is 0.560. The molecule has 0 N–H and O–H groups in total. The molecule has 1 aromatic carbocycles. The molecule has 3 heteroatoms. The van der Waals surface area contributed by atoms with E-state index in [0.717, 1.165) is 27.2 Å². The van der Waals surface area contributed by atoms with Gasteiger partial charge >= 0.3 is 0 Å². The van der Waals surface area contributed by atoms with Crippen molar-refractivity contribution in [2.24, 2.45) is 0 Å². The second-order valence-electron chi connectivity index (χ2n) is 5.15. The minimum Gasteiger partial charge on any atom is -0.251 e. The van der Waals surface area contributed by atoms with Gasteiger partial charge in [0.1, 0.15) is 0 Å². The first-order valence-electron chi connectivity index (χ1n) is 6.41. The van der Waals surface area contributed by atoms with Crippen LogP contribution in [0, 0.1) is 6.92 Å². The molecule has 0 unspecified atom stereocenters. The summed E-state index contributed by atoms with van der Waals surface area (Å²) in [7, 11) is 0. The van der Waals surface area contributed by atoms with E-state index in [9.17, 15) is 0 Å². The van der Waals surface area contributed by atoms with Gasteiger partial charge in [-0.3, -0.25) is 4.98 Å². The molecule has 0 bridgehead atoms. The van der Waals surface area contributed by atoms with E-state index in [0.29, 0.717) is 10.9 Å². The molecule has 1 aliphatic carbocycles. The number of benzene rings is 1. The highest BCUT2D eigenvalue weighted by atomic mass is 35.5. The van der Waals surface area contributed by atoms with E-state index in [1.54, 1.807) is 0 Å². The average molecular weight is 280 g/mol. The van der Waals surface area contributed by atoms with E-state index < -0.39 is 0 Å². The topological polar surface area (TPSA) is 12.9 Å². The lowest BCUT2D eigenvalue weighted by atomic mass is 10.0. The van der Waals surface area contributed by atoms with E-state index in [2.05, 4.69) is 6.07 Å². The van der Waals surface area contributed by atoms with E-state index >= 15 is 0 Å². The highest BCUT2D eigenvalue weighted by Crippen LogP contribution is 2.37. The maximum atomic E-state index is 6.39. The van der Waals surface area contributed by atoms with Crippen molar-refractivity contribution in [2.75, 3.05) is 0 Å². The Balaban J connectivity index is 2.20. The van der Waals surface area contributed by atoms with Gasteiger partial charge in [-0.05, 0) is 43.5 Å². The summed E-state index contributed by atoms with van der Waals surface area (Å²) in [6.45, 7) is 2.02. The van der Waals surface area contributed by atoms with Crippen LogP contribution in [-0.4, -0.2) is 4.98 Å². The monoisotopic (exact) mass is 279 g/mol. The maximum absolute atomic E-state index is 6.39. The lowest BCUT2D eigenvalue weighted by molar-refractivity contribution is 0.701. The molecule has 0 radical (unpaired) electrons. The smallest absolute Gasteiger partial charge is 0.0906 e. The van der Waals surface area contributed by atoms with E-state index in [4.69, 9.17) is 28.2 Å². The van der Waals surface area contributed by atoms with Crippen molar-refractivity contribution in [1.29, 1.82) is 0 Å². The van der Waals surface area contributed by atoms with Gasteiger partial charge in [0.2, 0.25) is 0 Å². The van der Waals surface area contributed by atoms with Crippen LogP contribution in [0.4, 0.5) is 0 Å². The van der Waals surface area contributed by atoms with Crippen LogP contribution in [0.1, 0.15) is 42.9 Å². The molecule has 0 atom stereocenters. The first-order chi connectivity index (χ1) is 8.65. The molecule has 1 saturated carbocycles. The Morgan fingerprint density at radius 1 is 1.06 bits per heavy atom. The molecular formula is C15H15Cl2N. The molecule has 0 saturated heterocycles. The summed E-state index contributed by atoms with van der Waals surface area (Å²) < 4.78 is 0. The van der Waals surface area contributed by atoms with Gasteiger partial charge in [-0.25, -0.2) is 0 Å². The van der Waals surface area contributed by atoms with Crippen molar-refractivity contribution in [1.82, 2.24) is 4.98 Å². The summed E-state index contributed by atoms with van der Waals surface area (Å²) >= 11 is 12.7. The molecule has 18 heavy (non-hydrogen) atoms. The lowest BCUT2D eigenvalue weighted by Gasteiger charge is -2.12. The molecule has 1 aromatic heterocycles. The summed E-state index contributed by atoms with van der Waals surface area (Å²) in [6, 6.07) is 6.02. The number of hydrogen-bond acceptors (Lipinski definition) is 1. The molecule has 1 fully saturated rings. The third-order valence-electron chi connectivity index (χ3n) is 3.75. The van der Waals surface area contributed by atoms with Crippen molar-refractivity contribution in [3.63, 3.8) is 0 Å². The zero-order valence-electron chi connectivity index (χ0n) is 10.3. The molecule has 0 spiro atoms. The van der Waals surface area contributed by atoms with Crippen LogP contribution >= 0.6 is 23.2 Å². The zero-order valence-corrected chi connectivity index (χ0v) is 11.9. The van der Waals surface area contributed by atoms with Gasteiger partial charge in [-0.15, -0.1) is 0 Å². The van der Waals surface area contributed by atoms with Gasteiger partial charge in [0.15, 0.2) is 0 Å². The Labute approximate surface area is 117 Å². The van der Waals surface area contributed by atoms with Crippen LogP contribution in [0.2, 0.25) is 10.0 Å². The Bertz CT molecular complexity index is 601. The summed E-state index contributed by atoms with van der Waals surface area (Å²) in [4.78, 5) is 4.74. The van der Waals surface area contributed by atoms with Gasteiger partial charge in [-0.2, -0.15) is 0 Å². The molecule has 2 aromatic rings. The third-order valence-corrected chi connectivity index (χ3v) is 4.35. The number of hydrogen-bond donors (Lipinski definition) is 0. The second kappa shape index (κ2) is 4.71. The Morgan fingerprint density at radius 2 is 1.78 bits per heavy atom. The number of nitrogens with zero attached hydrogens (tertiary/aromatic N) is 1. The fourth-order valence-corrected chi connectivity index (χ4v) is 3.40. The molecule has 1 nitrogen and oxygen atoms in total. The lowest BCUT2D eigenvalue weighted by Crippen LogP contribution is -1.97. The number of halogens is 2. The molecular weight excluding hydrogens is 265 g/mol. The Hall–Kier alpha value is -0.790. The summed E-state index contributed by atoms with van der Waals surface area (Å²) in [5.41, 5.74) is 3.07. The predicted molar refractivity (Wildman–Crippen MR) is 77.7 cm³/mol. The molecule has 3 rings (SSSR count). The minimum absolute atomic E-state index is 0.560. The number of aryl methyl sites for hydroxylation is 1. The van der Waals surface area contributed by atoms with Crippen molar-refractivity contribution < 1.29 is 0 Å². The van der Waals surface area contributed by atoms with Gasteiger partial charge in [0.25, 0.3) is 0 Å². The van der Waals surface area contributed by atoms with Crippen LogP contribution in [0.25, 0.3) is 10.9 Å². The highest BCUT2D eigenvalue weighted by Gasteiger charge is 2.20. The van der Waals surface area contributed by atoms with Crippen molar-refractivity contribution >= 4 is 34.1 Å². The number of pyridine rings is 1. The predicted octanol–water partition coefficient (Wildman–Crippen LogP) is 5.51. The first-order valence-corrected chi connectivity index (χ1v) is 7.17. The van der Waals surface area contributed by atoms with E-state index in [1.165, 1.54) is 25.7 Å². The second-order valence-corrected chi connectivity index (χ2v) is 5.97. The summed E-state index contributed by atoms with van der Waals surface area (Å²) in [6.07, 6.45) is 5.03. The van der Waals surface area contributed by atoms with Crippen LogP contribution in [0.15, 0.2) is 18.2 Å². The molecule has 94 valence electrons. The average Bonchev–Trinajstić information content (AvgIpc) is 2.83. The summed E-state index contributed by atoms with van der Waals surface area (Å²) in [5, 5.41) is 2.43. The quantitative estimate of drug-likeness (QED) is 0.671.